The van der Waals surface area contributed by atoms with Gasteiger partial charge in [-0.2, -0.15) is 5.10 Å². The van der Waals surface area contributed by atoms with Crippen molar-refractivity contribution >= 4 is 23.2 Å². The Morgan fingerprint density at radius 3 is 2.75 bits per heavy atom. The van der Waals surface area contributed by atoms with Gasteiger partial charge in [0.15, 0.2) is 0 Å². The van der Waals surface area contributed by atoms with Gasteiger partial charge in [0.1, 0.15) is 5.52 Å². The molecule has 1 N–H and O–H groups in total. The van der Waals surface area contributed by atoms with E-state index in [-0.39, 0.29) is 17.3 Å². The summed E-state index contributed by atoms with van der Waals surface area (Å²) in [7, 11) is 1.32. The SMILES string of the molecule is CCc1ccc(-c2cc3c(=O)[nH]nc(SCC(=O)OC)n3n2)cc1. The molecule has 8 heteroatoms. The van der Waals surface area contributed by atoms with Gasteiger partial charge in [-0.15, -0.1) is 5.10 Å². The fourth-order valence-corrected chi connectivity index (χ4v) is 2.96. The molecule has 0 bridgehead atoms. The van der Waals surface area contributed by atoms with Crippen molar-refractivity contribution in [2.45, 2.75) is 18.5 Å². The fourth-order valence-electron chi connectivity index (χ4n) is 2.22. The summed E-state index contributed by atoms with van der Waals surface area (Å²) in [5.74, 6) is -0.283. The molecule has 7 nitrogen and oxygen atoms in total. The second kappa shape index (κ2) is 6.88. The molecular formula is C16H16N4O3S. The van der Waals surface area contributed by atoms with Crippen LogP contribution in [0.4, 0.5) is 0 Å². The maximum Gasteiger partial charge on any atom is 0.316 e. The summed E-state index contributed by atoms with van der Waals surface area (Å²) < 4.78 is 6.07. The summed E-state index contributed by atoms with van der Waals surface area (Å²) >= 11 is 1.15. The first-order valence-corrected chi connectivity index (χ1v) is 8.38. The molecule has 0 spiro atoms. The lowest BCUT2D eigenvalue weighted by atomic mass is 10.1. The minimum absolute atomic E-state index is 0.0883. The monoisotopic (exact) mass is 344 g/mol. The van der Waals surface area contributed by atoms with Gasteiger partial charge in [-0.1, -0.05) is 43.0 Å². The molecule has 0 aliphatic rings. The summed E-state index contributed by atoms with van der Waals surface area (Å²) in [6.07, 6.45) is 0.962. The summed E-state index contributed by atoms with van der Waals surface area (Å²) in [6.45, 7) is 2.09. The molecule has 0 unspecified atom stereocenters. The van der Waals surface area contributed by atoms with Crippen LogP contribution < -0.4 is 5.56 Å². The number of nitrogens with zero attached hydrogens (tertiary/aromatic N) is 3. The van der Waals surface area contributed by atoms with E-state index >= 15 is 0 Å². The molecule has 2 heterocycles. The first-order valence-electron chi connectivity index (χ1n) is 7.39. The number of nitrogens with one attached hydrogen (secondary N) is 1. The van der Waals surface area contributed by atoms with E-state index in [1.165, 1.54) is 17.2 Å². The second-order valence-electron chi connectivity index (χ2n) is 5.08. The number of esters is 1. The van der Waals surface area contributed by atoms with Crippen molar-refractivity contribution < 1.29 is 9.53 Å². The first-order chi connectivity index (χ1) is 11.6. The number of rotatable bonds is 5. The fraction of sp³-hybridized carbons (Fsp3) is 0.250. The zero-order valence-electron chi connectivity index (χ0n) is 13.3. The molecule has 0 aliphatic carbocycles. The number of aryl methyl sites for hydroxylation is 1. The smallest absolute Gasteiger partial charge is 0.316 e. The molecule has 24 heavy (non-hydrogen) atoms. The highest BCUT2D eigenvalue weighted by Crippen LogP contribution is 2.22. The number of hydrogen-bond acceptors (Lipinski definition) is 6. The van der Waals surface area contributed by atoms with Crippen molar-refractivity contribution in [3.8, 4) is 11.3 Å². The Hall–Kier alpha value is -2.61. The Labute approximate surface area is 142 Å². The summed E-state index contributed by atoms with van der Waals surface area (Å²) in [5, 5.41) is 11.3. The molecule has 0 fully saturated rings. The van der Waals surface area contributed by atoms with Crippen LogP contribution in [-0.4, -0.2) is 38.6 Å². The van der Waals surface area contributed by atoms with Crippen LogP contribution in [0.1, 0.15) is 12.5 Å². The molecule has 0 saturated heterocycles. The number of carbonyl (C=O) groups is 1. The Morgan fingerprint density at radius 2 is 2.08 bits per heavy atom. The Balaban J connectivity index is 2.00. The van der Waals surface area contributed by atoms with E-state index in [4.69, 9.17) is 0 Å². The lowest BCUT2D eigenvalue weighted by molar-refractivity contribution is -0.137. The number of benzene rings is 1. The molecule has 3 aromatic rings. The molecule has 2 aromatic heterocycles. The average Bonchev–Trinajstić information content (AvgIpc) is 3.07. The van der Waals surface area contributed by atoms with Gasteiger partial charge >= 0.3 is 5.97 Å². The summed E-state index contributed by atoms with van der Waals surface area (Å²) in [6, 6.07) is 9.74. The molecule has 0 atom stereocenters. The van der Waals surface area contributed by atoms with Gasteiger partial charge in [0.05, 0.1) is 18.6 Å². The maximum atomic E-state index is 12.0. The topological polar surface area (TPSA) is 89.3 Å². The number of hydrogen-bond donors (Lipinski definition) is 1. The number of thioether (sulfide) groups is 1. The molecule has 1 aromatic carbocycles. The van der Waals surface area contributed by atoms with Crippen LogP contribution in [0.25, 0.3) is 16.8 Å². The first kappa shape index (κ1) is 16.3. The predicted octanol–water partition coefficient (Wildman–Crippen LogP) is 1.91. The van der Waals surface area contributed by atoms with E-state index in [0.29, 0.717) is 16.4 Å². The molecule has 0 amide bonds. The van der Waals surface area contributed by atoms with E-state index in [1.54, 1.807) is 6.07 Å². The van der Waals surface area contributed by atoms with Crippen molar-refractivity contribution in [2.24, 2.45) is 0 Å². The molecule has 124 valence electrons. The largest absolute Gasteiger partial charge is 0.468 e. The number of carbonyl (C=O) groups excluding carboxylic acids is 1. The van der Waals surface area contributed by atoms with Crippen molar-refractivity contribution in [1.29, 1.82) is 0 Å². The normalized spacial score (nSPS) is 10.9. The van der Waals surface area contributed by atoms with Gasteiger partial charge in [-0.25, -0.2) is 9.61 Å². The number of aromatic nitrogens is 4. The number of ether oxygens (including phenoxy) is 1. The van der Waals surface area contributed by atoms with Crippen LogP contribution >= 0.6 is 11.8 Å². The highest BCUT2D eigenvalue weighted by molar-refractivity contribution is 7.99. The van der Waals surface area contributed by atoms with E-state index < -0.39 is 0 Å². The van der Waals surface area contributed by atoms with Crippen LogP contribution in [0.15, 0.2) is 40.3 Å². The lowest BCUT2D eigenvalue weighted by Gasteiger charge is -2.02. The van der Waals surface area contributed by atoms with Gasteiger partial charge < -0.3 is 4.74 Å². The highest BCUT2D eigenvalue weighted by Gasteiger charge is 2.13. The standard InChI is InChI=1S/C16H16N4O3S/c1-3-10-4-6-11(7-5-10)12-8-13-15(22)17-18-16(20(13)19-12)24-9-14(21)23-2/h4-8H,3,9H2,1-2H3,(H,17,22). The minimum atomic E-state index is -0.372. The number of H-pyrrole nitrogens is 1. The lowest BCUT2D eigenvalue weighted by Crippen LogP contribution is -2.14. The molecule has 0 saturated carbocycles. The van der Waals surface area contributed by atoms with E-state index in [1.807, 2.05) is 24.3 Å². The van der Waals surface area contributed by atoms with Gasteiger partial charge in [0, 0.05) is 5.56 Å². The Bertz CT molecular complexity index is 931. The maximum absolute atomic E-state index is 12.0. The van der Waals surface area contributed by atoms with Gasteiger partial charge in [0.25, 0.3) is 5.56 Å². The van der Waals surface area contributed by atoms with Crippen molar-refractivity contribution in [3.63, 3.8) is 0 Å². The number of methoxy groups -OCH3 is 1. The quantitative estimate of drug-likeness (QED) is 0.562. The van der Waals surface area contributed by atoms with E-state index in [2.05, 4.69) is 27.0 Å². The third-order valence-corrected chi connectivity index (χ3v) is 4.48. The molecule has 3 rings (SSSR count). The summed E-state index contributed by atoms with van der Waals surface area (Å²) in [5.41, 5.74) is 2.87. The zero-order valence-corrected chi connectivity index (χ0v) is 14.1. The molecular weight excluding hydrogens is 328 g/mol. The third kappa shape index (κ3) is 3.18. The van der Waals surface area contributed by atoms with Crippen LogP contribution in [0, 0.1) is 0 Å². The van der Waals surface area contributed by atoms with Crippen LogP contribution in [0.5, 0.6) is 0 Å². The highest BCUT2D eigenvalue weighted by atomic mass is 32.2. The van der Waals surface area contributed by atoms with Gasteiger partial charge in [-0.05, 0) is 18.1 Å². The van der Waals surface area contributed by atoms with E-state index in [0.717, 1.165) is 23.7 Å². The Morgan fingerprint density at radius 1 is 1.33 bits per heavy atom. The molecule has 0 radical (unpaired) electrons. The molecule has 0 aliphatic heterocycles. The average molecular weight is 344 g/mol. The second-order valence-corrected chi connectivity index (χ2v) is 6.02. The minimum Gasteiger partial charge on any atom is -0.468 e. The van der Waals surface area contributed by atoms with Crippen molar-refractivity contribution in [1.82, 2.24) is 19.8 Å². The number of aromatic amines is 1. The number of fused-ring (bicyclic) bond motifs is 1. The van der Waals surface area contributed by atoms with Gasteiger partial charge in [-0.3, -0.25) is 9.59 Å². The predicted molar refractivity (Wildman–Crippen MR) is 91.2 cm³/mol. The third-order valence-electron chi connectivity index (χ3n) is 3.58. The van der Waals surface area contributed by atoms with E-state index in [9.17, 15) is 9.59 Å². The van der Waals surface area contributed by atoms with Gasteiger partial charge in [0.2, 0.25) is 5.16 Å². The van der Waals surface area contributed by atoms with Crippen LogP contribution in [-0.2, 0) is 16.0 Å². The van der Waals surface area contributed by atoms with Crippen molar-refractivity contribution in [2.75, 3.05) is 12.9 Å². The summed E-state index contributed by atoms with van der Waals surface area (Å²) in [4.78, 5) is 23.3. The van der Waals surface area contributed by atoms with Crippen molar-refractivity contribution in [3.05, 3.63) is 46.2 Å². The zero-order chi connectivity index (χ0) is 17.1. The van der Waals surface area contributed by atoms with Crippen LogP contribution in [0.3, 0.4) is 0 Å². The Kier molecular flexibility index (Phi) is 4.66. The van der Waals surface area contributed by atoms with Crippen LogP contribution in [0.2, 0.25) is 0 Å².